The lowest BCUT2D eigenvalue weighted by atomic mass is 10.2. The Kier molecular flexibility index (Phi) is 4.28. The summed E-state index contributed by atoms with van der Waals surface area (Å²) >= 11 is 0. The van der Waals surface area contributed by atoms with Crippen molar-refractivity contribution in [2.24, 2.45) is 0 Å². The average molecular weight is 291 g/mol. The molecule has 0 aromatic heterocycles. The number of rotatable bonds is 4. The van der Waals surface area contributed by atoms with E-state index in [0.29, 0.717) is 12.8 Å². The minimum Gasteiger partial charge on any atom is -0.459 e. The van der Waals surface area contributed by atoms with Crippen LogP contribution in [0.4, 0.5) is 0 Å². The summed E-state index contributed by atoms with van der Waals surface area (Å²) in [5.74, 6) is -0.187. The number of ether oxygens (including phenoxy) is 1. The Morgan fingerprint density at radius 1 is 1.30 bits per heavy atom. The van der Waals surface area contributed by atoms with Gasteiger partial charge in [-0.05, 0) is 12.0 Å². The lowest BCUT2D eigenvalue weighted by Crippen LogP contribution is -2.53. The number of nitrogens with zero attached hydrogens (tertiary/aromatic N) is 1. The van der Waals surface area contributed by atoms with Gasteiger partial charge >= 0.3 is 5.97 Å². The van der Waals surface area contributed by atoms with Crippen molar-refractivity contribution < 1.29 is 14.3 Å². The number of benzene rings is 1. The molecule has 5 heteroatoms. The lowest BCUT2D eigenvalue weighted by Gasteiger charge is -2.34. The van der Waals surface area contributed by atoms with Crippen LogP contribution in [0.1, 0.15) is 18.4 Å². The van der Waals surface area contributed by atoms with Crippen LogP contribution in [-0.2, 0) is 20.9 Å². The molecule has 0 aliphatic carbocycles. The third-order valence-corrected chi connectivity index (χ3v) is 5.44. The molecule has 108 valence electrons. The van der Waals surface area contributed by atoms with Crippen molar-refractivity contribution in [1.29, 1.82) is 0 Å². The van der Waals surface area contributed by atoms with Crippen LogP contribution in [0.3, 0.4) is 0 Å². The quantitative estimate of drug-likeness (QED) is 0.632. The Bertz CT molecular complexity index is 496. The predicted molar refractivity (Wildman–Crippen MR) is 79.5 cm³/mol. The van der Waals surface area contributed by atoms with Crippen molar-refractivity contribution in [3.63, 3.8) is 0 Å². The molecular weight excluding hydrogens is 270 g/mol. The van der Waals surface area contributed by atoms with Gasteiger partial charge in [0, 0.05) is 6.42 Å². The van der Waals surface area contributed by atoms with E-state index in [1.165, 1.54) is 0 Å². The highest BCUT2D eigenvalue weighted by molar-refractivity contribution is 6.75. The van der Waals surface area contributed by atoms with Gasteiger partial charge in [-0.15, -0.1) is 0 Å². The summed E-state index contributed by atoms with van der Waals surface area (Å²) in [7, 11) is -1.84. The van der Waals surface area contributed by atoms with Crippen molar-refractivity contribution in [3.8, 4) is 0 Å². The van der Waals surface area contributed by atoms with E-state index in [0.717, 1.165) is 5.56 Å². The van der Waals surface area contributed by atoms with Crippen molar-refractivity contribution in [1.82, 2.24) is 4.57 Å². The SMILES string of the molecule is C[Si](C)(C)N1C(=O)CCC1C(=O)OCc1ccccc1. The highest BCUT2D eigenvalue weighted by atomic mass is 28.3. The molecule has 1 heterocycles. The first-order valence-electron chi connectivity index (χ1n) is 6.92. The topological polar surface area (TPSA) is 46.6 Å². The van der Waals surface area contributed by atoms with Gasteiger partial charge in [0.1, 0.15) is 12.6 Å². The van der Waals surface area contributed by atoms with E-state index in [4.69, 9.17) is 4.74 Å². The highest BCUT2D eigenvalue weighted by Gasteiger charge is 2.43. The van der Waals surface area contributed by atoms with Crippen molar-refractivity contribution in [3.05, 3.63) is 35.9 Å². The van der Waals surface area contributed by atoms with Gasteiger partial charge in [-0.2, -0.15) is 0 Å². The van der Waals surface area contributed by atoms with Crippen LogP contribution >= 0.6 is 0 Å². The molecule has 0 N–H and O–H groups in total. The number of amides is 1. The van der Waals surface area contributed by atoms with E-state index in [2.05, 4.69) is 19.6 Å². The van der Waals surface area contributed by atoms with Crippen molar-refractivity contribution >= 4 is 20.1 Å². The molecule has 0 spiro atoms. The van der Waals surface area contributed by atoms with E-state index in [-0.39, 0.29) is 18.5 Å². The summed E-state index contributed by atoms with van der Waals surface area (Å²) in [6, 6.07) is 9.20. The summed E-state index contributed by atoms with van der Waals surface area (Å²) in [6.07, 6.45) is 1.03. The van der Waals surface area contributed by atoms with E-state index in [1.807, 2.05) is 30.3 Å². The summed E-state index contributed by atoms with van der Waals surface area (Å²) in [5.41, 5.74) is 0.963. The van der Waals surface area contributed by atoms with Gasteiger partial charge in [0.15, 0.2) is 8.24 Å². The van der Waals surface area contributed by atoms with Gasteiger partial charge in [0.05, 0.1) is 0 Å². The molecule has 1 amide bonds. The first-order chi connectivity index (χ1) is 9.39. The van der Waals surface area contributed by atoms with Crippen LogP contribution in [0, 0.1) is 0 Å². The molecule has 1 atom stereocenters. The van der Waals surface area contributed by atoms with Crippen LogP contribution in [0.15, 0.2) is 30.3 Å². The summed E-state index contributed by atoms with van der Waals surface area (Å²) in [4.78, 5) is 24.2. The molecule has 0 bridgehead atoms. The minimum absolute atomic E-state index is 0.0887. The van der Waals surface area contributed by atoms with Crippen LogP contribution in [0.2, 0.25) is 19.6 Å². The largest absolute Gasteiger partial charge is 0.459 e. The molecule has 1 aromatic carbocycles. The molecule has 0 radical (unpaired) electrons. The van der Waals surface area contributed by atoms with E-state index in [1.54, 1.807) is 4.57 Å². The molecule has 0 saturated carbocycles. The van der Waals surface area contributed by atoms with E-state index >= 15 is 0 Å². The number of hydrogen-bond acceptors (Lipinski definition) is 3. The average Bonchev–Trinajstić information content (AvgIpc) is 2.79. The summed E-state index contributed by atoms with van der Waals surface area (Å²) in [5, 5.41) is 0. The summed E-state index contributed by atoms with van der Waals surface area (Å²) < 4.78 is 7.17. The first kappa shape index (κ1) is 14.8. The molecule has 2 rings (SSSR count). The Morgan fingerprint density at radius 3 is 2.55 bits per heavy atom. The van der Waals surface area contributed by atoms with Crippen LogP contribution < -0.4 is 0 Å². The predicted octanol–water partition coefficient (Wildman–Crippen LogP) is 2.56. The molecule has 4 nitrogen and oxygen atoms in total. The van der Waals surface area contributed by atoms with Gasteiger partial charge < -0.3 is 9.30 Å². The molecular formula is C15H21NO3Si. The maximum Gasteiger partial charge on any atom is 0.328 e. The second-order valence-corrected chi connectivity index (χ2v) is 10.9. The second kappa shape index (κ2) is 5.79. The molecule has 1 fully saturated rings. The maximum absolute atomic E-state index is 12.2. The van der Waals surface area contributed by atoms with E-state index < -0.39 is 14.3 Å². The van der Waals surface area contributed by atoms with Gasteiger partial charge in [-0.3, -0.25) is 4.79 Å². The number of esters is 1. The van der Waals surface area contributed by atoms with Crippen molar-refractivity contribution in [2.45, 2.75) is 45.1 Å². The molecule has 1 saturated heterocycles. The molecule has 1 aromatic rings. The Labute approximate surface area is 120 Å². The van der Waals surface area contributed by atoms with Crippen LogP contribution in [-0.4, -0.2) is 30.7 Å². The van der Waals surface area contributed by atoms with Gasteiger partial charge in [-0.25, -0.2) is 4.79 Å². The minimum atomic E-state index is -1.84. The normalized spacial score (nSPS) is 19.2. The van der Waals surface area contributed by atoms with Gasteiger partial charge in [0.2, 0.25) is 5.91 Å². The fourth-order valence-corrected chi connectivity index (χ4v) is 4.60. The van der Waals surface area contributed by atoms with Crippen LogP contribution in [0.5, 0.6) is 0 Å². The maximum atomic E-state index is 12.2. The second-order valence-electron chi connectivity index (χ2n) is 6.08. The zero-order valence-electron chi connectivity index (χ0n) is 12.3. The zero-order chi connectivity index (χ0) is 14.8. The third kappa shape index (κ3) is 3.28. The summed E-state index contributed by atoms with van der Waals surface area (Å²) in [6.45, 7) is 6.50. The Morgan fingerprint density at radius 2 is 1.95 bits per heavy atom. The number of carbonyl (C=O) groups is 2. The van der Waals surface area contributed by atoms with E-state index in [9.17, 15) is 9.59 Å². The Balaban J connectivity index is 2.00. The lowest BCUT2D eigenvalue weighted by molar-refractivity contribution is -0.150. The van der Waals surface area contributed by atoms with Gasteiger partial charge in [0.25, 0.3) is 0 Å². The number of carbonyl (C=O) groups excluding carboxylic acids is 2. The fraction of sp³-hybridized carbons (Fsp3) is 0.467. The van der Waals surface area contributed by atoms with Gasteiger partial charge in [-0.1, -0.05) is 50.0 Å². The zero-order valence-corrected chi connectivity index (χ0v) is 13.3. The Hall–Kier alpha value is -1.62. The standard InChI is InChI=1S/C15H21NO3Si/c1-20(2,3)16-13(9-10-14(16)17)15(18)19-11-12-7-5-4-6-8-12/h4-8,13H,9-11H2,1-3H3. The monoisotopic (exact) mass is 291 g/mol. The highest BCUT2D eigenvalue weighted by Crippen LogP contribution is 2.26. The molecule has 20 heavy (non-hydrogen) atoms. The fourth-order valence-electron chi connectivity index (χ4n) is 2.57. The van der Waals surface area contributed by atoms with Crippen molar-refractivity contribution in [2.75, 3.05) is 0 Å². The smallest absolute Gasteiger partial charge is 0.328 e. The third-order valence-electron chi connectivity index (χ3n) is 3.43. The number of hydrogen-bond donors (Lipinski definition) is 0. The first-order valence-corrected chi connectivity index (χ1v) is 10.4. The molecule has 1 aliphatic heterocycles. The molecule has 1 aliphatic rings. The van der Waals surface area contributed by atoms with Crippen LogP contribution in [0.25, 0.3) is 0 Å². The molecule has 1 unspecified atom stereocenters.